The van der Waals surface area contributed by atoms with E-state index in [1.54, 1.807) is 0 Å². The van der Waals surface area contributed by atoms with Crippen LogP contribution >= 0.6 is 0 Å². The van der Waals surface area contributed by atoms with Crippen molar-refractivity contribution >= 4 is 0 Å². The zero-order valence-corrected chi connectivity index (χ0v) is 11.8. The van der Waals surface area contributed by atoms with Crippen molar-refractivity contribution in [2.24, 2.45) is 5.41 Å². The zero-order chi connectivity index (χ0) is 12.7. The Labute approximate surface area is 107 Å². The van der Waals surface area contributed by atoms with Crippen LogP contribution in [0, 0.1) is 12.3 Å². The third-order valence-corrected chi connectivity index (χ3v) is 3.34. The summed E-state index contributed by atoms with van der Waals surface area (Å²) >= 11 is 0. The average molecular weight is 233 g/mol. The van der Waals surface area contributed by atoms with Crippen LogP contribution in [0.3, 0.4) is 0 Å². The molecule has 1 N–H and O–H groups in total. The molecule has 0 aliphatic rings. The quantitative estimate of drug-likeness (QED) is 0.703. The topological polar surface area (TPSA) is 12.0 Å². The van der Waals surface area contributed by atoms with Gasteiger partial charge in [0.15, 0.2) is 0 Å². The van der Waals surface area contributed by atoms with Crippen molar-refractivity contribution in [2.75, 3.05) is 13.1 Å². The molecule has 0 atom stereocenters. The molecule has 0 spiro atoms. The fourth-order valence-corrected chi connectivity index (χ4v) is 2.14. The Morgan fingerprint density at radius 3 is 2.47 bits per heavy atom. The maximum absolute atomic E-state index is 3.49. The summed E-state index contributed by atoms with van der Waals surface area (Å²) in [7, 11) is 0. The van der Waals surface area contributed by atoms with Gasteiger partial charge in [-0.15, -0.1) is 0 Å². The molecule has 0 radical (unpaired) electrons. The van der Waals surface area contributed by atoms with Gasteiger partial charge in [-0.1, -0.05) is 45.0 Å². The van der Waals surface area contributed by atoms with E-state index in [2.05, 4.69) is 57.3 Å². The molecule has 0 aromatic heterocycles. The molecule has 0 aliphatic carbocycles. The van der Waals surface area contributed by atoms with E-state index < -0.39 is 0 Å². The second kappa shape index (κ2) is 6.80. The molecule has 0 saturated carbocycles. The van der Waals surface area contributed by atoms with Gasteiger partial charge in [-0.25, -0.2) is 0 Å². The summed E-state index contributed by atoms with van der Waals surface area (Å²) in [5, 5.41) is 3.49. The molecular weight excluding hydrogens is 206 g/mol. The van der Waals surface area contributed by atoms with Crippen LogP contribution in [0.15, 0.2) is 24.3 Å². The first kappa shape index (κ1) is 14.2. The fourth-order valence-electron chi connectivity index (χ4n) is 2.14. The molecule has 17 heavy (non-hydrogen) atoms. The maximum atomic E-state index is 3.49. The van der Waals surface area contributed by atoms with Crippen LogP contribution in [0.1, 0.15) is 44.7 Å². The van der Waals surface area contributed by atoms with Gasteiger partial charge in [0.05, 0.1) is 0 Å². The molecule has 1 rings (SSSR count). The van der Waals surface area contributed by atoms with Gasteiger partial charge in [0.1, 0.15) is 0 Å². The van der Waals surface area contributed by atoms with Gasteiger partial charge >= 0.3 is 0 Å². The molecule has 0 unspecified atom stereocenters. The van der Waals surface area contributed by atoms with Gasteiger partial charge in [-0.2, -0.15) is 0 Å². The largest absolute Gasteiger partial charge is 0.317 e. The summed E-state index contributed by atoms with van der Waals surface area (Å²) in [6, 6.07) is 8.74. The van der Waals surface area contributed by atoms with Crippen molar-refractivity contribution in [3.05, 3.63) is 35.4 Å². The van der Waals surface area contributed by atoms with Gasteiger partial charge in [-0.05, 0) is 55.8 Å². The second-order valence-electron chi connectivity index (χ2n) is 5.77. The summed E-state index contributed by atoms with van der Waals surface area (Å²) in [6.07, 6.45) is 3.63. The van der Waals surface area contributed by atoms with Crippen LogP contribution in [0.2, 0.25) is 0 Å². The third kappa shape index (κ3) is 5.36. The highest BCUT2D eigenvalue weighted by molar-refractivity contribution is 5.26. The smallest absolute Gasteiger partial charge is 0.00437 e. The van der Waals surface area contributed by atoms with Crippen molar-refractivity contribution < 1.29 is 0 Å². The predicted octanol–water partition coefficient (Wildman–Crippen LogP) is 3.95. The maximum Gasteiger partial charge on any atom is -0.00437 e. The molecule has 0 saturated heterocycles. The lowest BCUT2D eigenvalue weighted by atomic mass is 9.81. The van der Waals surface area contributed by atoms with E-state index in [1.165, 1.54) is 30.4 Å². The number of hydrogen-bond donors (Lipinski definition) is 1. The summed E-state index contributed by atoms with van der Waals surface area (Å²) in [4.78, 5) is 0. The first-order valence-corrected chi connectivity index (χ1v) is 6.80. The second-order valence-corrected chi connectivity index (χ2v) is 5.77. The van der Waals surface area contributed by atoms with Crippen LogP contribution in [0.5, 0.6) is 0 Å². The van der Waals surface area contributed by atoms with Crippen LogP contribution in [-0.4, -0.2) is 13.1 Å². The Morgan fingerprint density at radius 2 is 1.82 bits per heavy atom. The lowest BCUT2D eigenvalue weighted by Gasteiger charge is -2.25. The zero-order valence-electron chi connectivity index (χ0n) is 11.8. The normalized spacial score (nSPS) is 11.8. The van der Waals surface area contributed by atoms with E-state index in [4.69, 9.17) is 0 Å². The lowest BCUT2D eigenvalue weighted by Crippen LogP contribution is -2.24. The fraction of sp³-hybridized carbons (Fsp3) is 0.625. The number of hydrogen-bond acceptors (Lipinski definition) is 1. The van der Waals surface area contributed by atoms with Gasteiger partial charge in [0.2, 0.25) is 0 Å². The van der Waals surface area contributed by atoms with E-state index in [9.17, 15) is 0 Å². The highest BCUT2D eigenvalue weighted by Crippen LogP contribution is 2.26. The number of nitrogens with one attached hydrogen (secondary N) is 1. The highest BCUT2D eigenvalue weighted by atomic mass is 14.8. The summed E-state index contributed by atoms with van der Waals surface area (Å²) < 4.78 is 0. The molecule has 1 aromatic carbocycles. The molecular formula is C16H27N. The molecule has 0 amide bonds. The van der Waals surface area contributed by atoms with Crippen molar-refractivity contribution in [3.63, 3.8) is 0 Å². The minimum absolute atomic E-state index is 0.382. The summed E-state index contributed by atoms with van der Waals surface area (Å²) in [6.45, 7) is 11.4. The van der Waals surface area contributed by atoms with Gasteiger partial charge in [0, 0.05) is 0 Å². The van der Waals surface area contributed by atoms with E-state index in [-0.39, 0.29) is 0 Å². The van der Waals surface area contributed by atoms with Crippen molar-refractivity contribution in [1.82, 2.24) is 5.32 Å². The molecule has 1 heteroatoms. The van der Waals surface area contributed by atoms with Crippen molar-refractivity contribution in [2.45, 2.75) is 47.0 Å². The SMILES string of the molecule is CCCNCCC(C)(C)Cc1ccccc1C. The van der Waals surface area contributed by atoms with Crippen LogP contribution in [-0.2, 0) is 6.42 Å². The van der Waals surface area contributed by atoms with Gasteiger partial charge in [0.25, 0.3) is 0 Å². The van der Waals surface area contributed by atoms with E-state index in [0.717, 1.165) is 13.1 Å². The molecule has 0 bridgehead atoms. The first-order chi connectivity index (χ1) is 8.05. The van der Waals surface area contributed by atoms with Crippen LogP contribution in [0.4, 0.5) is 0 Å². The standard InChI is InChI=1S/C16H27N/c1-5-11-17-12-10-16(3,4)13-15-9-7-6-8-14(15)2/h6-9,17H,5,10-13H2,1-4H3. The van der Waals surface area contributed by atoms with Crippen molar-refractivity contribution in [3.8, 4) is 0 Å². The third-order valence-electron chi connectivity index (χ3n) is 3.34. The molecule has 0 heterocycles. The van der Waals surface area contributed by atoms with Crippen LogP contribution in [0.25, 0.3) is 0 Å². The van der Waals surface area contributed by atoms with Crippen LogP contribution < -0.4 is 5.32 Å². The Balaban J connectivity index is 2.46. The molecule has 0 aliphatic heterocycles. The molecule has 96 valence electrons. The Kier molecular flexibility index (Phi) is 5.70. The number of aryl methyl sites for hydroxylation is 1. The van der Waals surface area contributed by atoms with E-state index >= 15 is 0 Å². The van der Waals surface area contributed by atoms with E-state index in [0.29, 0.717) is 5.41 Å². The Morgan fingerprint density at radius 1 is 1.12 bits per heavy atom. The summed E-state index contributed by atoms with van der Waals surface area (Å²) in [5.74, 6) is 0. The Hall–Kier alpha value is -0.820. The minimum atomic E-state index is 0.382. The Bertz CT molecular complexity index is 328. The monoisotopic (exact) mass is 233 g/mol. The highest BCUT2D eigenvalue weighted by Gasteiger charge is 2.18. The van der Waals surface area contributed by atoms with Crippen molar-refractivity contribution in [1.29, 1.82) is 0 Å². The van der Waals surface area contributed by atoms with Gasteiger partial charge in [-0.3, -0.25) is 0 Å². The molecule has 1 aromatic rings. The summed E-state index contributed by atoms with van der Waals surface area (Å²) in [5.41, 5.74) is 3.29. The van der Waals surface area contributed by atoms with Gasteiger partial charge < -0.3 is 5.32 Å². The molecule has 1 nitrogen and oxygen atoms in total. The minimum Gasteiger partial charge on any atom is -0.317 e. The average Bonchev–Trinajstić information content (AvgIpc) is 2.28. The molecule has 0 fully saturated rings. The van der Waals surface area contributed by atoms with E-state index in [1.807, 2.05) is 0 Å². The lowest BCUT2D eigenvalue weighted by molar-refractivity contribution is 0.325. The predicted molar refractivity (Wildman–Crippen MR) is 76.4 cm³/mol. The first-order valence-electron chi connectivity index (χ1n) is 6.80. The number of rotatable bonds is 7. The number of benzene rings is 1.